The summed E-state index contributed by atoms with van der Waals surface area (Å²) in [6.45, 7) is 2.10. The second-order valence-electron chi connectivity index (χ2n) is 6.39. The van der Waals surface area contributed by atoms with E-state index < -0.39 is 0 Å². The first-order valence-electron chi connectivity index (χ1n) is 7.84. The Morgan fingerprint density at radius 2 is 1.76 bits per heavy atom. The van der Waals surface area contributed by atoms with Gasteiger partial charge in [-0.05, 0) is 42.9 Å². The predicted octanol–water partition coefficient (Wildman–Crippen LogP) is 4.40. The molecule has 2 unspecified atom stereocenters. The third-order valence-electron chi connectivity index (χ3n) is 4.66. The van der Waals surface area contributed by atoms with E-state index in [2.05, 4.69) is 49.4 Å². The molecular formula is C19H21NO. The standard InChI is InChI=1S/C19H21NO/c1-12-6-9-18-16(10-12)17(20)11-19(21-18)15-5-3-2-4-14(15)13-7-8-13/h2-6,9-10,13,17,19H,7-8,11,20H2,1H3. The number of benzene rings is 2. The molecular weight excluding hydrogens is 258 g/mol. The van der Waals surface area contributed by atoms with Crippen LogP contribution in [0, 0.1) is 6.92 Å². The van der Waals surface area contributed by atoms with Crippen molar-refractivity contribution < 1.29 is 4.74 Å². The Hall–Kier alpha value is -1.80. The van der Waals surface area contributed by atoms with Crippen molar-refractivity contribution in [2.45, 2.75) is 44.2 Å². The number of ether oxygens (including phenoxy) is 1. The summed E-state index contributed by atoms with van der Waals surface area (Å²) >= 11 is 0. The molecule has 21 heavy (non-hydrogen) atoms. The van der Waals surface area contributed by atoms with Gasteiger partial charge >= 0.3 is 0 Å². The molecule has 0 radical (unpaired) electrons. The minimum atomic E-state index is 0.0610. The Labute approximate surface area is 125 Å². The summed E-state index contributed by atoms with van der Waals surface area (Å²) in [6, 6.07) is 15.1. The molecule has 1 fully saturated rings. The molecule has 1 saturated carbocycles. The average Bonchev–Trinajstić information content (AvgIpc) is 3.32. The highest BCUT2D eigenvalue weighted by Gasteiger charge is 2.32. The Bertz CT molecular complexity index is 675. The van der Waals surface area contributed by atoms with Gasteiger partial charge in [-0.1, -0.05) is 42.0 Å². The first kappa shape index (κ1) is 12.9. The Morgan fingerprint density at radius 3 is 2.52 bits per heavy atom. The average molecular weight is 279 g/mol. The Balaban J connectivity index is 1.71. The van der Waals surface area contributed by atoms with Crippen LogP contribution in [-0.2, 0) is 0 Å². The van der Waals surface area contributed by atoms with Crippen LogP contribution in [0.3, 0.4) is 0 Å². The third-order valence-corrected chi connectivity index (χ3v) is 4.66. The monoisotopic (exact) mass is 279 g/mol. The summed E-state index contributed by atoms with van der Waals surface area (Å²) in [5.74, 6) is 1.69. The molecule has 2 atom stereocenters. The Kier molecular flexibility index (Phi) is 3.00. The fraction of sp³-hybridized carbons (Fsp3) is 0.368. The summed E-state index contributed by atoms with van der Waals surface area (Å²) < 4.78 is 6.28. The van der Waals surface area contributed by atoms with Crippen LogP contribution in [0.15, 0.2) is 42.5 Å². The molecule has 1 heterocycles. The molecule has 2 aromatic rings. The number of hydrogen-bond donors (Lipinski definition) is 1. The minimum Gasteiger partial charge on any atom is -0.485 e. The highest BCUT2D eigenvalue weighted by Crippen LogP contribution is 2.46. The number of aryl methyl sites for hydroxylation is 1. The maximum atomic E-state index is 6.40. The van der Waals surface area contributed by atoms with Crippen molar-refractivity contribution in [3.63, 3.8) is 0 Å². The van der Waals surface area contributed by atoms with E-state index in [1.807, 2.05) is 0 Å². The molecule has 2 nitrogen and oxygen atoms in total. The summed E-state index contributed by atoms with van der Waals surface area (Å²) in [5.41, 5.74) is 11.6. The van der Waals surface area contributed by atoms with Gasteiger partial charge in [0, 0.05) is 18.0 Å². The minimum absolute atomic E-state index is 0.0610. The van der Waals surface area contributed by atoms with Gasteiger partial charge in [0.1, 0.15) is 11.9 Å². The molecule has 2 aliphatic rings. The van der Waals surface area contributed by atoms with Gasteiger partial charge in [0.2, 0.25) is 0 Å². The van der Waals surface area contributed by atoms with Crippen LogP contribution >= 0.6 is 0 Å². The van der Waals surface area contributed by atoms with Crippen molar-refractivity contribution in [2.24, 2.45) is 5.73 Å². The molecule has 2 heteroatoms. The lowest BCUT2D eigenvalue weighted by Gasteiger charge is -2.32. The fourth-order valence-corrected chi connectivity index (χ4v) is 3.38. The van der Waals surface area contributed by atoms with Gasteiger partial charge in [-0.2, -0.15) is 0 Å². The Morgan fingerprint density at radius 1 is 1.00 bits per heavy atom. The summed E-state index contributed by atoms with van der Waals surface area (Å²) in [7, 11) is 0. The lowest BCUT2D eigenvalue weighted by molar-refractivity contribution is 0.160. The van der Waals surface area contributed by atoms with Gasteiger partial charge in [-0.15, -0.1) is 0 Å². The topological polar surface area (TPSA) is 35.2 Å². The summed E-state index contributed by atoms with van der Waals surface area (Å²) in [6.07, 6.45) is 3.57. The van der Waals surface area contributed by atoms with E-state index in [4.69, 9.17) is 10.5 Å². The van der Waals surface area contributed by atoms with Crippen LogP contribution in [-0.4, -0.2) is 0 Å². The van der Waals surface area contributed by atoms with E-state index in [0.29, 0.717) is 0 Å². The van der Waals surface area contributed by atoms with Crippen LogP contribution < -0.4 is 10.5 Å². The van der Waals surface area contributed by atoms with Crippen LogP contribution in [0.25, 0.3) is 0 Å². The lowest BCUT2D eigenvalue weighted by Crippen LogP contribution is -2.24. The van der Waals surface area contributed by atoms with Crippen molar-refractivity contribution in [3.05, 3.63) is 64.7 Å². The molecule has 1 aliphatic carbocycles. The molecule has 0 aromatic heterocycles. The van der Waals surface area contributed by atoms with Gasteiger partial charge in [0.25, 0.3) is 0 Å². The molecule has 2 aromatic carbocycles. The van der Waals surface area contributed by atoms with Gasteiger partial charge in [0.05, 0.1) is 0 Å². The van der Waals surface area contributed by atoms with Crippen molar-refractivity contribution in [2.75, 3.05) is 0 Å². The van der Waals surface area contributed by atoms with Crippen LogP contribution in [0.4, 0.5) is 0 Å². The smallest absolute Gasteiger partial charge is 0.126 e. The van der Waals surface area contributed by atoms with Gasteiger partial charge in [0.15, 0.2) is 0 Å². The molecule has 0 saturated heterocycles. The van der Waals surface area contributed by atoms with Gasteiger partial charge in [-0.3, -0.25) is 0 Å². The third kappa shape index (κ3) is 2.34. The first-order chi connectivity index (χ1) is 10.2. The highest BCUT2D eigenvalue weighted by molar-refractivity contribution is 5.43. The lowest BCUT2D eigenvalue weighted by atomic mass is 9.89. The van der Waals surface area contributed by atoms with Crippen molar-refractivity contribution >= 4 is 0 Å². The SMILES string of the molecule is Cc1ccc2c(c1)C(N)CC(c1ccccc1C1CC1)O2. The van der Waals surface area contributed by atoms with Gasteiger partial charge < -0.3 is 10.5 Å². The maximum absolute atomic E-state index is 6.40. The van der Waals surface area contributed by atoms with Crippen molar-refractivity contribution in [3.8, 4) is 5.75 Å². The van der Waals surface area contributed by atoms with Crippen molar-refractivity contribution in [1.29, 1.82) is 0 Å². The molecule has 1 aliphatic heterocycles. The normalized spacial score (nSPS) is 24.3. The zero-order valence-corrected chi connectivity index (χ0v) is 12.4. The van der Waals surface area contributed by atoms with Crippen LogP contribution in [0.2, 0.25) is 0 Å². The zero-order chi connectivity index (χ0) is 14.4. The molecule has 0 bridgehead atoms. The second-order valence-corrected chi connectivity index (χ2v) is 6.39. The quantitative estimate of drug-likeness (QED) is 0.884. The number of hydrogen-bond acceptors (Lipinski definition) is 2. The fourth-order valence-electron chi connectivity index (χ4n) is 3.38. The zero-order valence-electron chi connectivity index (χ0n) is 12.4. The van der Waals surface area contributed by atoms with E-state index in [-0.39, 0.29) is 12.1 Å². The van der Waals surface area contributed by atoms with E-state index in [1.54, 1.807) is 0 Å². The number of rotatable bonds is 2. The highest BCUT2D eigenvalue weighted by atomic mass is 16.5. The first-order valence-corrected chi connectivity index (χ1v) is 7.84. The molecule has 0 spiro atoms. The molecule has 2 N–H and O–H groups in total. The summed E-state index contributed by atoms with van der Waals surface area (Å²) in [5, 5.41) is 0. The second kappa shape index (κ2) is 4.88. The van der Waals surface area contributed by atoms with E-state index in [9.17, 15) is 0 Å². The van der Waals surface area contributed by atoms with E-state index >= 15 is 0 Å². The molecule has 0 amide bonds. The predicted molar refractivity (Wildman–Crippen MR) is 84.5 cm³/mol. The van der Waals surface area contributed by atoms with E-state index in [0.717, 1.165) is 23.7 Å². The molecule has 4 rings (SSSR count). The van der Waals surface area contributed by atoms with Crippen LogP contribution in [0.5, 0.6) is 5.75 Å². The van der Waals surface area contributed by atoms with Crippen molar-refractivity contribution in [1.82, 2.24) is 0 Å². The van der Waals surface area contributed by atoms with E-state index in [1.165, 1.54) is 29.5 Å². The van der Waals surface area contributed by atoms with Crippen LogP contribution in [0.1, 0.15) is 59.6 Å². The largest absolute Gasteiger partial charge is 0.485 e. The summed E-state index contributed by atoms with van der Waals surface area (Å²) in [4.78, 5) is 0. The van der Waals surface area contributed by atoms with Gasteiger partial charge in [-0.25, -0.2) is 0 Å². The molecule has 108 valence electrons. The number of nitrogens with two attached hydrogens (primary N) is 1. The maximum Gasteiger partial charge on any atom is 0.126 e. The number of fused-ring (bicyclic) bond motifs is 1.